The Morgan fingerprint density at radius 3 is 2.73 bits per heavy atom. The molecular formula is C20H27N3O3. The molecule has 140 valence electrons. The van der Waals surface area contributed by atoms with E-state index in [4.69, 9.17) is 4.42 Å². The maximum absolute atomic E-state index is 12.9. The molecule has 2 saturated heterocycles. The Morgan fingerprint density at radius 2 is 1.96 bits per heavy atom. The van der Waals surface area contributed by atoms with Crippen LogP contribution in [0.5, 0.6) is 0 Å². The molecule has 1 atom stereocenters. The zero-order chi connectivity index (χ0) is 18.3. The Labute approximate surface area is 154 Å². The van der Waals surface area contributed by atoms with Gasteiger partial charge in [0.15, 0.2) is 0 Å². The van der Waals surface area contributed by atoms with Crippen LogP contribution in [-0.4, -0.2) is 84.2 Å². The van der Waals surface area contributed by atoms with Gasteiger partial charge < -0.3 is 19.3 Å². The molecule has 1 aromatic heterocycles. The van der Waals surface area contributed by atoms with E-state index in [0.29, 0.717) is 31.6 Å². The second kappa shape index (κ2) is 6.68. The van der Waals surface area contributed by atoms with Crippen molar-refractivity contribution in [1.82, 2.24) is 14.7 Å². The topological polar surface area (TPSA) is 60.2 Å². The first-order chi connectivity index (χ1) is 12.4. The molecule has 0 aliphatic carbocycles. The van der Waals surface area contributed by atoms with Crippen LogP contribution in [0.15, 0.2) is 28.7 Å². The third-order valence-electron chi connectivity index (χ3n) is 5.62. The molecular weight excluding hydrogens is 330 g/mol. The molecule has 2 aliphatic rings. The number of aliphatic hydroxyl groups is 1. The number of likely N-dealkylation sites (tertiary alicyclic amines) is 1. The zero-order valence-electron chi connectivity index (χ0n) is 15.6. The lowest BCUT2D eigenvalue weighted by molar-refractivity contribution is 0.000527. The van der Waals surface area contributed by atoms with Crippen LogP contribution in [0.2, 0.25) is 0 Å². The fraction of sp³-hybridized carbons (Fsp3) is 0.550. The third-order valence-corrected chi connectivity index (χ3v) is 5.62. The highest BCUT2D eigenvalue weighted by atomic mass is 16.3. The Morgan fingerprint density at radius 1 is 1.19 bits per heavy atom. The van der Waals surface area contributed by atoms with Crippen molar-refractivity contribution in [3.63, 3.8) is 0 Å². The predicted octanol–water partition coefficient (Wildman–Crippen LogP) is 1.57. The van der Waals surface area contributed by atoms with Gasteiger partial charge in [-0.25, -0.2) is 0 Å². The molecule has 4 rings (SSSR count). The van der Waals surface area contributed by atoms with Gasteiger partial charge in [-0.15, -0.1) is 0 Å². The first kappa shape index (κ1) is 17.5. The Hall–Kier alpha value is -1.89. The number of β-amino-alcohol motifs (C(OH)–C–C–N with tert-alkyl or cyclic N) is 1. The number of benzene rings is 1. The van der Waals surface area contributed by atoms with Crippen LogP contribution in [0.25, 0.3) is 11.0 Å². The van der Waals surface area contributed by atoms with E-state index >= 15 is 0 Å². The summed E-state index contributed by atoms with van der Waals surface area (Å²) in [6, 6.07) is 7.49. The van der Waals surface area contributed by atoms with Crippen molar-refractivity contribution in [3.8, 4) is 0 Å². The number of carbonyl (C=O) groups is 1. The monoisotopic (exact) mass is 357 g/mol. The van der Waals surface area contributed by atoms with Gasteiger partial charge in [0, 0.05) is 50.2 Å². The summed E-state index contributed by atoms with van der Waals surface area (Å²) in [5, 5.41) is 11.9. The highest BCUT2D eigenvalue weighted by Gasteiger charge is 2.40. The van der Waals surface area contributed by atoms with Gasteiger partial charge in [0.05, 0.1) is 12.1 Å². The molecule has 1 N–H and O–H groups in total. The van der Waals surface area contributed by atoms with Crippen LogP contribution in [0.1, 0.15) is 22.5 Å². The number of carbonyl (C=O) groups excluding carboxylic acids is 1. The number of nitrogens with zero attached hydrogens (tertiary/aromatic N) is 3. The second-order valence-electron chi connectivity index (χ2n) is 7.89. The maximum atomic E-state index is 12.9. The van der Waals surface area contributed by atoms with Gasteiger partial charge in [0.2, 0.25) is 0 Å². The number of hydrogen-bond donors (Lipinski definition) is 1. The Bertz CT molecular complexity index is 810. The van der Waals surface area contributed by atoms with E-state index in [1.165, 1.54) is 0 Å². The smallest absolute Gasteiger partial charge is 0.253 e. The molecule has 0 bridgehead atoms. The quantitative estimate of drug-likeness (QED) is 0.904. The van der Waals surface area contributed by atoms with Crippen molar-refractivity contribution in [3.05, 3.63) is 35.6 Å². The summed E-state index contributed by atoms with van der Waals surface area (Å²) in [4.78, 5) is 19.3. The molecule has 2 fully saturated rings. The van der Waals surface area contributed by atoms with E-state index in [9.17, 15) is 9.90 Å². The summed E-state index contributed by atoms with van der Waals surface area (Å²) in [6.45, 7) is 7.56. The van der Waals surface area contributed by atoms with Crippen molar-refractivity contribution in [2.45, 2.75) is 18.9 Å². The molecule has 0 saturated carbocycles. The first-order valence-electron chi connectivity index (χ1n) is 9.35. The van der Waals surface area contributed by atoms with E-state index in [2.05, 4.69) is 16.8 Å². The molecule has 2 aliphatic heterocycles. The van der Waals surface area contributed by atoms with Crippen molar-refractivity contribution in [2.24, 2.45) is 0 Å². The average Bonchev–Trinajstić information content (AvgIpc) is 3.17. The number of rotatable bonds is 3. The summed E-state index contributed by atoms with van der Waals surface area (Å²) in [5.74, 6) is 0.826. The van der Waals surface area contributed by atoms with Crippen LogP contribution in [0.3, 0.4) is 0 Å². The highest BCUT2D eigenvalue weighted by molar-refractivity contribution is 5.98. The zero-order valence-corrected chi connectivity index (χ0v) is 15.6. The molecule has 2 aromatic rings. The molecule has 0 unspecified atom stereocenters. The summed E-state index contributed by atoms with van der Waals surface area (Å²) in [5.41, 5.74) is 0.649. The minimum atomic E-state index is -0.804. The Balaban J connectivity index is 1.42. The maximum Gasteiger partial charge on any atom is 0.253 e. The third kappa shape index (κ3) is 3.49. The predicted molar refractivity (Wildman–Crippen MR) is 100 cm³/mol. The van der Waals surface area contributed by atoms with Gasteiger partial charge in [0.1, 0.15) is 11.3 Å². The summed E-state index contributed by atoms with van der Waals surface area (Å²) >= 11 is 0. The number of fused-ring (bicyclic) bond motifs is 1. The lowest BCUT2D eigenvalue weighted by atomic mass is 10.0. The van der Waals surface area contributed by atoms with Gasteiger partial charge in [-0.05, 0) is 44.7 Å². The van der Waals surface area contributed by atoms with E-state index < -0.39 is 5.60 Å². The lowest BCUT2D eigenvalue weighted by Gasteiger charge is -2.36. The minimum absolute atomic E-state index is 0.0138. The average molecular weight is 357 g/mol. The molecule has 0 radical (unpaired) electrons. The van der Waals surface area contributed by atoms with Gasteiger partial charge >= 0.3 is 0 Å². The number of piperazine rings is 1. The molecule has 1 aromatic carbocycles. The normalized spacial score (nSPS) is 25.3. The van der Waals surface area contributed by atoms with E-state index in [0.717, 1.165) is 42.9 Å². The van der Waals surface area contributed by atoms with E-state index in [1.807, 2.05) is 31.2 Å². The molecule has 3 heterocycles. The first-order valence-corrected chi connectivity index (χ1v) is 9.35. The van der Waals surface area contributed by atoms with Crippen LogP contribution in [0, 0.1) is 6.92 Å². The molecule has 26 heavy (non-hydrogen) atoms. The lowest BCUT2D eigenvalue weighted by Crippen LogP contribution is -2.52. The summed E-state index contributed by atoms with van der Waals surface area (Å²) in [7, 11) is 2.13. The van der Waals surface area contributed by atoms with Crippen LogP contribution >= 0.6 is 0 Å². The minimum Gasteiger partial charge on any atom is -0.461 e. The van der Waals surface area contributed by atoms with Crippen LogP contribution in [0.4, 0.5) is 0 Å². The fourth-order valence-electron chi connectivity index (χ4n) is 4.07. The molecule has 6 heteroatoms. The number of furan rings is 1. The van der Waals surface area contributed by atoms with Gasteiger partial charge in [-0.3, -0.25) is 9.69 Å². The molecule has 6 nitrogen and oxygen atoms in total. The van der Waals surface area contributed by atoms with Crippen molar-refractivity contribution >= 4 is 16.9 Å². The second-order valence-corrected chi connectivity index (χ2v) is 7.89. The Kier molecular flexibility index (Phi) is 4.50. The summed E-state index contributed by atoms with van der Waals surface area (Å²) < 4.78 is 5.58. The number of likely N-dealkylation sites (N-methyl/N-ethyl adjacent to an activating group) is 1. The van der Waals surface area contributed by atoms with E-state index in [1.54, 1.807) is 4.90 Å². The highest BCUT2D eigenvalue weighted by Crippen LogP contribution is 2.26. The number of hydrogen-bond acceptors (Lipinski definition) is 5. The number of amides is 1. The van der Waals surface area contributed by atoms with Gasteiger partial charge in [-0.2, -0.15) is 0 Å². The number of aryl methyl sites for hydroxylation is 1. The van der Waals surface area contributed by atoms with Crippen LogP contribution < -0.4 is 0 Å². The van der Waals surface area contributed by atoms with Crippen LogP contribution in [-0.2, 0) is 0 Å². The fourth-order valence-corrected chi connectivity index (χ4v) is 4.07. The largest absolute Gasteiger partial charge is 0.461 e. The van der Waals surface area contributed by atoms with Gasteiger partial charge in [-0.1, -0.05) is 0 Å². The van der Waals surface area contributed by atoms with Gasteiger partial charge in [0.25, 0.3) is 5.91 Å². The summed E-state index contributed by atoms with van der Waals surface area (Å²) in [6.07, 6.45) is 0.637. The molecule has 0 spiro atoms. The van der Waals surface area contributed by atoms with Crippen molar-refractivity contribution in [2.75, 3.05) is 52.9 Å². The molecule has 1 amide bonds. The van der Waals surface area contributed by atoms with Crippen molar-refractivity contribution < 1.29 is 14.3 Å². The SMILES string of the molecule is Cc1cc2cc(C(=O)N3CC[C@](O)(CN4CCN(C)CC4)C3)ccc2o1. The van der Waals surface area contributed by atoms with Crippen molar-refractivity contribution in [1.29, 1.82) is 0 Å². The van der Waals surface area contributed by atoms with E-state index in [-0.39, 0.29) is 5.91 Å². The standard InChI is InChI=1S/C20H27N3O3/c1-15-11-17-12-16(3-4-18(17)26-15)19(24)23-6-5-20(25,14-23)13-22-9-7-21(2)8-10-22/h3-4,11-12,25H,5-10,13-14H2,1-2H3/t20-/m0/s1.